The van der Waals surface area contributed by atoms with Crippen LogP contribution >= 0.6 is 0 Å². The molecule has 3 atom stereocenters. The van der Waals surface area contributed by atoms with Crippen molar-refractivity contribution < 1.29 is 32.2 Å². The minimum atomic E-state index is -4.56. The van der Waals surface area contributed by atoms with Crippen molar-refractivity contribution in [1.29, 1.82) is 0 Å². The number of alkyl halides is 3. The summed E-state index contributed by atoms with van der Waals surface area (Å²) in [6, 6.07) is 0.364. The van der Waals surface area contributed by atoms with Crippen LogP contribution in [0.2, 0.25) is 0 Å². The maximum atomic E-state index is 13.9. The Balaban J connectivity index is 2.06. The molecule has 0 radical (unpaired) electrons. The standard InChI is InChI=1S/C21H27F3N4O4/c1-6-11(2)26-20(29)13-10-25-28-17(21(22,23)24)9-14(27-19(13)28)12-7-15(30-3)18(32-5)16(8-12)31-4/h7-8,10-11,14,17,27H,6,9H2,1-5H3,(H,26,29)/t11?,14-,17+/m1/s1. The molecule has 1 aromatic carbocycles. The van der Waals surface area contributed by atoms with Gasteiger partial charge in [0.2, 0.25) is 5.75 Å². The van der Waals surface area contributed by atoms with Crippen molar-refractivity contribution >= 4 is 11.7 Å². The fourth-order valence-electron chi connectivity index (χ4n) is 3.65. The lowest BCUT2D eigenvalue weighted by Crippen LogP contribution is -2.37. The molecule has 3 rings (SSSR count). The first-order valence-corrected chi connectivity index (χ1v) is 10.2. The summed E-state index contributed by atoms with van der Waals surface area (Å²) in [6.45, 7) is 3.72. The van der Waals surface area contributed by atoms with Crippen LogP contribution in [-0.4, -0.2) is 49.2 Å². The van der Waals surface area contributed by atoms with Crippen molar-refractivity contribution in [3.05, 3.63) is 29.5 Å². The van der Waals surface area contributed by atoms with E-state index in [9.17, 15) is 18.0 Å². The molecule has 0 saturated heterocycles. The number of fused-ring (bicyclic) bond motifs is 1. The average Bonchev–Trinajstić information content (AvgIpc) is 3.20. The van der Waals surface area contributed by atoms with Crippen LogP contribution in [0, 0.1) is 0 Å². The predicted octanol–water partition coefficient (Wildman–Crippen LogP) is 4.10. The highest BCUT2D eigenvalue weighted by molar-refractivity contribution is 5.99. The minimum absolute atomic E-state index is 0.0122. The lowest BCUT2D eigenvalue weighted by molar-refractivity contribution is -0.173. The van der Waals surface area contributed by atoms with Crippen LogP contribution in [0.5, 0.6) is 17.2 Å². The summed E-state index contributed by atoms with van der Waals surface area (Å²) in [4.78, 5) is 12.7. The number of anilines is 1. The van der Waals surface area contributed by atoms with Gasteiger partial charge in [-0.15, -0.1) is 0 Å². The second-order valence-corrected chi connectivity index (χ2v) is 7.58. The van der Waals surface area contributed by atoms with E-state index in [0.29, 0.717) is 29.2 Å². The number of rotatable bonds is 7. The smallest absolute Gasteiger partial charge is 0.410 e. The minimum Gasteiger partial charge on any atom is -0.493 e. The number of halogens is 3. The van der Waals surface area contributed by atoms with Gasteiger partial charge in [-0.1, -0.05) is 6.92 Å². The third-order valence-corrected chi connectivity index (χ3v) is 5.56. The van der Waals surface area contributed by atoms with E-state index < -0.39 is 24.2 Å². The van der Waals surface area contributed by atoms with Crippen LogP contribution in [0.4, 0.5) is 19.0 Å². The lowest BCUT2D eigenvalue weighted by atomic mass is 9.95. The Labute approximate surface area is 184 Å². The van der Waals surface area contributed by atoms with E-state index in [-0.39, 0.29) is 23.8 Å². The van der Waals surface area contributed by atoms with E-state index in [1.807, 2.05) is 13.8 Å². The molecule has 32 heavy (non-hydrogen) atoms. The van der Waals surface area contributed by atoms with E-state index in [4.69, 9.17) is 14.2 Å². The first kappa shape index (κ1) is 23.6. The third kappa shape index (κ3) is 4.42. The van der Waals surface area contributed by atoms with Crippen molar-refractivity contribution in [2.75, 3.05) is 26.6 Å². The number of hydrogen-bond acceptors (Lipinski definition) is 6. The van der Waals surface area contributed by atoms with Crippen molar-refractivity contribution in [3.63, 3.8) is 0 Å². The second kappa shape index (κ2) is 9.17. The van der Waals surface area contributed by atoms with Crippen molar-refractivity contribution in [1.82, 2.24) is 15.1 Å². The third-order valence-electron chi connectivity index (χ3n) is 5.56. The zero-order chi connectivity index (χ0) is 23.6. The fraction of sp³-hybridized carbons (Fsp3) is 0.524. The molecule has 0 saturated carbocycles. The number of nitrogens with zero attached hydrogens (tertiary/aromatic N) is 2. The Morgan fingerprint density at radius 2 is 1.88 bits per heavy atom. The number of carbonyl (C=O) groups excluding carboxylic acids is 1. The summed E-state index contributed by atoms with van der Waals surface area (Å²) in [5.41, 5.74) is 0.547. The van der Waals surface area contributed by atoms with E-state index in [1.165, 1.54) is 21.3 Å². The predicted molar refractivity (Wildman–Crippen MR) is 112 cm³/mol. The zero-order valence-corrected chi connectivity index (χ0v) is 18.5. The molecule has 2 aromatic rings. The normalized spacial score (nSPS) is 18.9. The van der Waals surface area contributed by atoms with Crippen molar-refractivity contribution in [2.45, 2.75) is 51.0 Å². The number of methoxy groups -OCH3 is 3. The maximum absolute atomic E-state index is 13.9. The topological polar surface area (TPSA) is 86.6 Å². The molecule has 0 spiro atoms. The Morgan fingerprint density at radius 1 is 1.25 bits per heavy atom. The molecule has 176 valence electrons. The van der Waals surface area contributed by atoms with Crippen LogP contribution in [-0.2, 0) is 0 Å². The molecule has 1 aromatic heterocycles. The zero-order valence-electron chi connectivity index (χ0n) is 18.5. The monoisotopic (exact) mass is 456 g/mol. The molecule has 1 aliphatic heterocycles. The quantitative estimate of drug-likeness (QED) is 0.653. The fourth-order valence-corrected chi connectivity index (χ4v) is 3.65. The number of carbonyl (C=O) groups is 1. The van der Waals surface area contributed by atoms with Gasteiger partial charge < -0.3 is 24.8 Å². The first-order chi connectivity index (χ1) is 15.1. The van der Waals surface area contributed by atoms with Gasteiger partial charge in [0, 0.05) is 12.5 Å². The number of ether oxygens (including phenoxy) is 3. The highest BCUT2D eigenvalue weighted by Crippen LogP contribution is 2.47. The largest absolute Gasteiger partial charge is 0.493 e. The van der Waals surface area contributed by atoms with E-state index in [1.54, 1.807) is 12.1 Å². The van der Waals surface area contributed by atoms with Gasteiger partial charge in [-0.2, -0.15) is 18.3 Å². The molecule has 2 heterocycles. The number of benzene rings is 1. The molecule has 8 nitrogen and oxygen atoms in total. The van der Waals surface area contributed by atoms with Gasteiger partial charge in [0.25, 0.3) is 5.91 Å². The molecule has 1 amide bonds. The maximum Gasteiger partial charge on any atom is 0.410 e. The van der Waals surface area contributed by atoms with E-state index >= 15 is 0 Å². The molecule has 11 heteroatoms. The van der Waals surface area contributed by atoms with Gasteiger partial charge in [0.05, 0.1) is 33.6 Å². The molecular formula is C21H27F3N4O4. The van der Waals surface area contributed by atoms with Crippen molar-refractivity contribution in [2.24, 2.45) is 0 Å². The molecule has 1 unspecified atom stereocenters. The number of amides is 1. The van der Waals surface area contributed by atoms with Crippen LogP contribution in [0.15, 0.2) is 18.3 Å². The van der Waals surface area contributed by atoms with Gasteiger partial charge in [-0.25, -0.2) is 4.68 Å². The van der Waals surface area contributed by atoms with Gasteiger partial charge >= 0.3 is 6.18 Å². The molecule has 2 N–H and O–H groups in total. The Hall–Kier alpha value is -3.11. The number of nitrogens with one attached hydrogen (secondary N) is 2. The summed E-state index contributed by atoms with van der Waals surface area (Å²) in [5, 5.41) is 9.72. The molecule has 1 aliphatic rings. The number of aromatic nitrogens is 2. The highest BCUT2D eigenvalue weighted by atomic mass is 19.4. The Kier molecular flexibility index (Phi) is 6.75. The van der Waals surface area contributed by atoms with Crippen molar-refractivity contribution in [3.8, 4) is 17.2 Å². The molecular weight excluding hydrogens is 429 g/mol. The second-order valence-electron chi connectivity index (χ2n) is 7.58. The summed E-state index contributed by atoms with van der Waals surface area (Å²) in [6.07, 6.45) is -3.05. The van der Waals surface area contributed by atoms with Gasteiger partial charge in [-0.05, 0) is 31.0 Å². The van der Waals surface area contributed by atoms with E-state index in [0.717, 1.165) is 10.9 Å². The van der Waals surface area contributed by atoms with Crippen LogP contribution < -0.4 is 24.8 Å². The first-order valence-electron chi connectivity index (χ1n) is 10.2. The van der Waals surface area contributed by atoms with Gasteiger partial charge in [-0.3, -0.25) is 4.79 Å². The Morgan fingerprint density at radius 3 is 2.38 bits per heavy atom. The molecule has 0 fully saturated rings. The summed E-state index contributed by atoms with van der Waals surface area (Å²) in [5.74, 6) is 0.500. The molecule has 0 aliphatic carbocycles. The van der Waals surface area contributed by atoms with Crippen LogP contribution in [0.1, 0.15) is 54.7 Å². The van der Waals surface area contributed by atoms with Gasteiger partial charge in [0.1, 0.15) is 11.4 Å². The van der Waals surface area contributed by atoms with E-state index in [2.05, 4.69) is 15.7 Å². The number of hydrogen-bond donors (Lipinski definition) is 2. The average molecular weight is 456 g/mol. The van der Waals surface area contributed by atoms with Gasteiger partial charge in [0.15, 0.2) is 17.5 Å². The van der Waals surface area contributed by atoms with Crippen LogP contribution in [0.3, 0.4) is 0 Å². The summed E-state index contributed by atoms with van der Waals surface area (Å²) < 4.78 is 58.6. The SMILES string of the molecule is CCC(C)NC(=O)c1cnn2c1N[C@@H](c1cc(OC)c(OC)c(OC)c1)C[C@H]2C(F)(F)F. The Bertz CT molecular complexity index is 951. The lowest BCUT2D eigenvalue weighted by Gasteiger charge is -2.34. The van der Waals surface area contributed by atoms with Crippen LogP contribution in [0.25, 0.3) is 0 Å². The summed E-state index contributed by atoms with van der Waals surface area (Å²) >= 11 is 0. The summed E-state index contributed by atoms with van der Waals surface area (Å²) in [7, 11) is 4.31. The molecule has 0 bridgehead atoms. The highest BCUT2D eigenvalue weighted by Gasteiger charge is 2.47.